The molecule has 1 fully saturated rings. The van der Waals surface area contributed by atoms with Crippen LogP contribution in [-0.4, -0.2) is 43.6 Å². The third kappa shape index (κ3) is 4.19. The number of para-hydroxylation sites is 1. The van der Waals surface area contributed by atoms with Gasteiger partial charge in [-0.25, -0.2) is 4.39 Å². The molecule has 1 amide bonds. The number of carbonyl (C=O) groups is 2. The molecule has 0 bridgehead atoms. The van der Waals surface area contributed by atoms with Crippen molar-refractivity contribution in [2.75, 3.05) is 26.8 Å². The van der Waals surface area contributed by atoms with Crippen LogP contribution in [0.15, 0.2) is 24.3 Å². The summed E-state index contributed by atoms with van der Waals surface area (Å²) in [6.07, 6.45) is 1.43. The second kappa shape index (κ2) is 7.77. The molecule has 0 atom stereocenters. The zero-order chi connectivity index (χ0) is 15.9. The standard InChI is InChI=1S/C16H20FNO4/c1-21-16(20)12-6-9-18(10-7-12)15(19)8-11-22-14-5-3-2-4-13(14)17/h2-5,12H,6-11H2,1H3. The third-order valence-electron chi connectivity index (χ3n) is 3.79. The second-order valence-electron chi connectivity index (χ2n) is 5.21. The number of carbonyl (C=O) groups excluding carboxylic acids is 2. The first kappa shape index (κ1) is 16.3. The van der Waals surface area contributed by atoms with Gasteiger partial charge in [0.15, 0.2) is 11.6 Å². The highest BCUT2D eigenvalue weighted by atomic mass is 19.1. The monoisotopic (exact) mass is 309 g/mol. The number of ether oxygens (including phenoxy) is 2. The van der Waals surface area contributed by atoms with Crippen LogP contribution in [0.1, 0.15) is 19.3 Å². The number of benzene rings is 1. The van der Waals surface area contributed by atoms with E-state index >= 15 is 0 Å². The second-order valence-corrected chi connectivity index (χ2v) is 5.21. The highest BCUT2D eigenvalue weighted by Gasteiger charge is 2.27. The Balaban J connectivity index is 1.72. The van der Waals surface area contributed by atoms with Gasteiger partial charge in [0.2, 0.25) is 5.91 Å². The molecular formula is C16H20FNO4. The van der Waals surface area contributed by atoms with Crippen LogP contribution in [0, 0.1) is 11.7 Å². The fourth-order valence-electron chi connectivity index (χ4n) is 2.50. The molecule has 0 saturated carbocycles. The van der Waals surface area contributed by atoms with Gasteiger partial charge in [0.25, 0.3) is 0 Å². The van der Waals surface area contributed by atoms with Gasteiger partial charge in [0.1, 0.15) is 0 Å². The molecule has 0 spiro atoms. The van der Waals surface area contributed by atoms with Crippen LogP contribution in [0.25, 0.3) is 0 Å². The zero-order valence-electron chi connectivity index (χ0n) is 12.6. The number of piperidine rings is 1. The van der Waals surface area contributed by atoms with E-state index in [0.717, 1.165) is 0 Å². The quantitative estimate of drug-likeness (QED) is 0.781. The van der Waals surface area contributed by atoms with Gasteiger partial charge in [-0.2, -0.15) is 0 Å². The molecule has 2 rings (SSSR count). The lowest BCUT2D eigenvalue weighted by atomic mass is 9.97. The van der Waals surface area contributed by atoms with E-state index in [2.05, 4.69) is 0 Å². The predicted molar refractivity (Wildman–Crippen MR) is 77.8 cm³/mol. The fraction of sp³-hybridized carbons (Fsp3) is 0.500. The molecule has 0 aliphatic carbocycles. The van der Waals surface area contributed by atoms with Crippen molar-refractivity contribution >= 4 is 11.9 Å². The van der Waals surface area contributed by atoms with Gasteiger partial charge in [0, 0.05) is 13.1 Å². The largest absolute Gasteiger partial charge is 0.490 e. The Bertz CT molecular complexity index is 527. The van der Waals surface area contributed by atoms with E-state index in [1.807, 2.05) is 0 Å². The Morgan fingerprint density at radius 3 is 2.59 bits per heavy atom. The Morgan fingerprint density at radius 1 is 1.27 bits per heavy atom. The highest BCUT2D eigenvalue weighted by molar-refractivity contribution is 5.77. The number of esters is 1. The van der Waals surface area contributed by atoms with Crippen LogP contribution in [0.5, 0.6) is 5.75 Å². The normalized spacial score (nSPS) is 15.5. The highest BCUT2D eigenvalue weighted by Crippen LogP contribution is 2.19. The number of hydrogen-bond donors (Lipinski definition) is 0. The van der Waals surface area contributed by atoms with Crippen LogP contribution in [0.3, 0.4) is 0 Å². The maximum absolute atomic E-state index is 13.4. The van der Waals surface area contributed by atoms with Crippen LogP contribution in [0.2, 0.25) is 0 Å². The molecule has 1 aromatic rings. The molecule has 0 radical (unpaired) electrons. The van der Waals surface area contributed by atoms with Gasteiger partial charge in [-0.15, -0.1) is 0 Å². The summed E-state index contributed by atoms with van der Waals surface area (Å²) < 4.78 is 23.3. The van der Waals surface area contributed by atoms with Crippen molar-refractivity contribution in [2.45, 2.75) is 19.3 Å². The molecule has 6 heteroatoms. The van der Waals surface area contributed by atoms with Gasteiger partial charge < -0.3 is 14.4 Å². The molecule has 1 heterocycles. The Hall–Kier alpha value is -2.11. The summed E-state index contributed by atoms with van der Waals surface area (Å²) in [5.74, 6) is -0.660. The van der Waals surface area contributed by atoms with Gasteiger partial charge in [-0.1, -0.05) is 12.1 Å². The van der Waals surface area contributed by atoms with E-state index in [1.54, 1.807) is 17.0 Å². The number of amides is 1. The van der Waals surface area contributed by atoms with Crippen molar-refractivity contribution < 1.29 is 23.5 Å². The molecule has 1 aliphatic rings. The summed E-state index contributed by atoms with van der Waals surface area (Å²) in [7, 11) is 1.37. The first-order valence-corrected chi connectivity index (χ1v) is 7.34. The molecular weight excluding hydrogens is 289 g/mol. The van der Waals surface area contributed by atoms with Gasteiger partial charge >= 0.3 is 5.97 Å². The fourth-order valence-corrected chi connectivity index (χ4v) is 2.50. The van der Waals surface area contributed by atoms with Crippen molar-refractivity contribution in [3.63, 3.8) is 0 Å². The number of likely N-dealkylation sites (tertiary alicyclic amines) is 1. The summed E-state index contributed by atoms with van der Waals surface area (Å²) in [5, 5.41) is 0. The molecule has 0 N–H and O–H groups in total. The topological polar surface area (TPSA) is 55.8 Å². The van der Waals surface area contributed by atoms with E-state index in [1.165, 1.54) is 19.2 Å². The first-order chi connectivity index (χ1) is 10.6. The van der Waals surface area contributed by atoms with E-state index in [4.69, 9.17) is 9.47 Å². The van der Waals surface area contributed by atoms with Crippen molar-refractivity contribution in [1.29, 1.82) is 0 Å². The smallest absolute Gasteiger partial charge is 0.308 e. The minimum Gasteiger partial charge on any atom is -0.490 e. The molecule has 5 nitrogen and oxygen atoms in total. The summed E-state index contributed by atoms with van der Waals surface area (Å²) in [4.78, 5) is 25.2. The van der Waals surface area contributed by atoms with Crippen LogP contribution in [0.4, 0.5) is 4.39 Å². The van der Waals surface area contributed by atoms with Gasteiger partial charge in [0.05, 0.1) is 26.1 Å². The van der Waals surface area contributed by atoms with E-state index < -0.39 is 5.82 Å². The summed E-state index contributed by atoms with van der Waals surface area (Å²) in [6, 6.07) is 6.10. The van der Waals surface area contributed by atoms with Gasteiger partial charge in [-0.05, 0) is 25.0 Å². The molecule has 1 saturated heterocycles. The van der Waals surface area contributed by atoms with Crippen LogP contribution >= 0.6 is 0 Å². The summed E-state index contributed by atoms with van der Waals surface area (Å²) >= 11 is 0. The average Bonchev–Trinajstić information content (AvgIpc) is 2.56. The summed E-state index contributed by atoms with van der Waals surface area (Å²) in [6.45, 7) is 1.22. The number of rotatable bonds is 5. The van der Waals surface area contributed by atoms with Crippen molar-refractivity contribution in [1.82, 2.24) is 4.90 Å². The van der Waals surface area contributed by atoms with Gasteiger partial charge in [-0.3, -0.25) is 9.59 Å². The lowest BCUT2D eigenvalue weighted by Crippen LogP contribution is -2.40. The maximum atomic E-state index is 13.4. The van der Waals surface area contributed by atoms with Crippen LogP contribution < -0.4 is 4.74 Å². The van der Waals surface area contributed by atoms with Crippen molar-refractivity contribution in [3.05, 3.63) is 30.1 Å². The lowest BCUT2D eigenvalue weighted by Gasteiger charge is -2.30. The minimum absolute atomic E-state index is 0.0420. The van der Waals surface area contributed by atoms with E-state index in [0.29, 0.717) is 25.9 Å². The molecule has 0 aromatic heterocycles. The zero-order valence-corrected chi connectivity index (χ0v) is 12.6. The number of hydrogen-bond acceptors (Lipinski definition) is 4. The number of methoxy groups -OCH3 is 1. The van der Waals surface area contributed by atoms with E-state index in [9.17, 15) is 14.0 Å². The molecule has 0 unspecified atom stereocenters. The first-order valence-electron chi connectivity index (χ1n) is 7.34. The predicted octanol–water partition coefficient (Wildman–Crippen LogP) is 2.01. The van der Waals surface area contributed by atoms with E-state index in [-0.39, 0.29) is 36.6 Å². The third-order valence-corrected chi connectivity index (χ3v) is 3.79. The Kier molecular flexibility index (Phi) is 5.75. The number of nitrogens with zero attached hydrogens (tertiary/aromatic N) is 1. The summed E-state index contributed by atoms with van der Waals surface area (Å²) in [5.41, 5.74) is 0. The van der Waals surface area contributed by atoms with Crippen LogP contribution in [-0.2, 0) is 14.3 Å². The molecule has 1 aliphatic heterocycles. The average molecular weight is 309 g/mol. The Morgan fingerprint density at radius 2 is 1.95 bits per heavy atom. The van der Waals surface area contributed by atoms with Crippen molar-refractivity contribution in [2.24, 2.45) is 5.92 Å². The lowest BCUT2D eigenvalue weighted by molar-refractivity contribution is -0.149. The molecule has 1 aromatic carbocycles. The molecule has 22 heavy (non-hydrogen) atoms. The SMILES string of the molecule is COC(=O)C1CCN(C(=O)CCOc2ccccc2F)CC1. The molecule has 120 valence electrons. The van der Waals surface area contributed by atoms with Crippen molar-refractivity contribution in [3.8, 4) is 5.75 Å². The Labute approximate surface area is 129 Å². The number of halogens is 1. The maximum Gasteiger partial charge on any atom is 0.308 e. The minimum atomic E-state index is -0.436.